The van der Waals surface area contributed by atoms with Crippen molar-refractivity contribution in [3.8, 4) is 0 Å². The second-order valence-corrected chi connectivity index (χ2v) is 9.32. The number of hydrogen-bond donors (Lipinski definition) is 2. The lowest BCUT2D eigenvalue weighted by atomic mass is 10.1. The molecule has 3 rings (SSSR count). The zero-order chi connectivity index (χ0) is 23.4. The van der Waals surface area contributed by atoms with Crippen LogP contribution in [0.1, 0.15) is 39.4 Å². The molecule has 1 fully saturated rings. The van der Waals surface area contributed by atoms with E-state index in [1.165, 1.54) is 0 Å². The van der Waals surface area contributed by atoms with E-state index in [4.69, 9.17) is 22.1 Å². The van der Waals surface area contributed by atoms with Gasteiger partial charge in [-0.2, -0.15) is 0 Å². The number of thiophene rings is 1. The highest BCUT2D eigenvalue weighted by Gasteiger charge is 2.27. The number of anilines is 2. The molecule has 0 unspecified atom stereocenters. The Hall–Kier alpha value is -2.62. The Morgan fingerprint density at radius 3 is 2.34 bits per heavy atom. The molecule has 0 spiro atoms. The SMILES string of the molecule is Cc1c(C(N)=O)sc(NC(=O)CN2CCN(c3ccc(Cl)cc3)CC2)c1C(=O)OC(C)C. The Kier molecular flexibility index (Phi) is 7.76. The molecule has 0 saturated carbocycles. The topological polar surface area (TPSA) is 105 Å². The highest BCUT2D eigenvalue weighted by atomic mass is 35.5. The highest BCUT2D eigenvalue weighted by Crippen LogP contribution is 2.33. The van der Waals surface area contributed by atoms with E-state index in [1.54, 1.807) is 20.8 Å². The third-order valence-corrected chi connectivity index (χ3v) is 6.58. The zero-order valence-electron chi connectivity index (χ0n) is 18.3. The highest BCUT2D eigenvalue weighted by molar-refractivity contribution is 7.18. The average molecular weight is 479 g/mol. The molecule has 0 aliphatic carbocycles. The lowest BCUT2D eigenvalue weighted by molar-refractivity contribution is -0.117. The molecule has 3 N–H and O–H groups in total. The normalized spacial score (nSPS) is 14.5. The minimum Gasteiger partial charge on any atom is -0.459 e. The summed E-state index contributed by atoms with van der Waals surface area (Å²) in [6, 6.07) is 7.69. The van der Waals surface area contributed by atoms with Crippen molar-refractivity contribution in [2.45, 2.75) is 26.9 Å². The van der Waals surface area contributed by atoms with Crippen molar-refractivity contribution >= 4 is 51.4 Å². The van der Waals surface area contributed by atoms with E-state index in [-0.39, 0.29) is 34.0 Å². The molecule has 2 heterocycles. The summed E-state index contributed by atoms with van der Waals surface area (Å²) >= 11 is 6.95. The van der Waals surface area contributed by atoms with Crippen LogP contribution in [0.5, 0.6) is 0 Å². The smallest absolute Gasteiger partial charge is 0.341 e. The van der Waals surface area contributed by atoms with Gasteiger partial charge in [-0.25, -0.2) is 4.79 Å². The largest absolute Gasteiger partial charge is 0.459 e. The molecular formula is C22H27ClN4O4S. The number of piperazine rings is 1. The first-order chi connectivity index (χ1) is 15.2. The summed E-state index contributed by atoms with van der Waals surface area (Å²) in [6.07, 6.45) is -0.334. The Labute approximate surface area is 196 Å². The molecule has 1 aromatic carbocycles. The maximum Gasteiger partial charge on any atom is 0.341 e. The molecule has 1 aromatic heterocycles. The van der Waals surface area contributed by atoms with Crippen LogP contribution in [0.2, 0.25) is 5.02 Å². The van der Waals surface area contributed by atoms with E-state index in [1.807, 2.05) is 29.2 Å². The number of benzene rings is 1. The Bertz CT molecular complexity index is 998. The molecule has 172 valence electrons. The van der Waals surface area contributed by atoms with Gasteiger partial charge in [-0.1, -0.05) is 11.6 Å². The van der Waals surface area contributed by atoms with Gasteiger partial charge in [0, 0.05) is 36.9 Å². The molecule has 10 heteroatoms. The van der Waals surface area contributed by atoms with Crippen molar-refractivity contribution in [3.63, 3.8) is 0 Å². The number of nitrogens with one attached hydrogen (secondary N) is 1. The van der Waals surface area contributed by atoms with Crippen molar-refractivity contribution in [2.24, 2.45) is 5.73 Å². The van der Waals surface area contributed by atoms with Crippen LogP contribution in [0, 0.1) is 6.92 Å². The van der Waals surface area contributed by atoms with E-state index < -0.39 is 11.9 Å². The summed E-state index contributed by atoms with van der Waals surface area (Å²) in [5.41, 5.74) is 7.13. The zero-order valence-corrected chi connectivity index (χ0v) is 19.9. The van der Waals surface area contributed by atoms with Gasteiger partial charge in [0.05, 0.1) is 23.1 Å². The number of amides is 2. The van der Waals surface area contributed by atoms with Crippen LogP contribution >= 0.6 is 22.9 Å². The molecule has 1 saturated heterocycles. The molecular weight excluding hydrogens is 452 g/mol. The number of carbonyl (C=O) groups is 3. The van der Waals surface area contributed by atoms with Crippen LogP contribution in [-0.2, 0) is 9.53 Å². The van der Waals surface area contributed by atoms with Gasteiger partial charge in [-0.05, 0) is 50.6 Å². The number of rotatable bonds is 7. The van der Waals surface area contributed by atoms with Crippen molar-refractivity contribution in [3.05, 3.63) is 45.3 Å². The summed E-state index contributed by atoms with van der Waals surface area (Å²) in [5, 5.41) is 3.76. The van der Waals surface area contributed by atoms with Gasteiger partial charge in [-0.15, -0.1) is 11.3 Å². The van der Waals surface area contributed by atoms with Crippen LogP contribution in [0.4, 0.5) is 10.7 Å². The summed E-state index contributed by atoms with van der Waals surface area (Å²) in [7, 11) is 0. The molecule has 8 nitrogen and oxygen atoms in total. The first kappa shape index (κ1) is 24.0. The summed E-state index contributed by atoms with van der Waals surface area (Å²) < 4.78 is 5.28. The number of halogens is 1. The van der Waals surface area contributed by atoms with Crippen LogP contribution in [0.25, 0.3) is 0 Å². The van der Waals surface area contributed by atoms with E-state index in [0.29, 0.717) is 23.7 Å². The van der Waals surface area contributed by atoms with Gasteiger partial charge in [0.15, 0.2) is 0 Å². The molecule has 0 radical (unpaired) electrons. The second kappa shape index (κ2) is 10.3. The van der Waals surface area contributed by atoms with E-state index in [0.717, 1.165) is 30.1 Å². The van der Waals surface area contributed by atoms with Crippen LogP contribution in [-0.4, -0.2) is 61.5 Å². The Morgan fingerprint density at radius 2 is 1.78 bits per heavy atom. The number of esters is 1. The predicted molar refractivity (Wildman–Crippen MR) is 127 cm³/mol. The van der Waals surface area contributed by atoms with E-state index in [9.17, 15) is 14.4 Å². The number of ether oxygens (including phenoxy) is 1. The fourth-order valence-electron chi connectivity index (χ4n) is 3.54. The number of primary amides is 1. The summed E-state index contributed by atoms with van der Waals surface area (Å²) in [4.78, 5) is 41.5. The fourth-order valence-corrected chi connectivity index (χ4v) is 4.73. The Balaban J connectivity index is 1.63. The maximum absolute atomic E-state index is 12.7. The van der Waals surface area contributed by atoms with E-state index >= 15 is 0 Å². The molecule has 0 atom stereocenters. The minimum atomic E-state index is -0.648. The second-order valence-electron chi connectivity index (χ2n) is 7.87. The standard InChI is InChI=1S/C22H27ClN4O4S/c1-13(2)31-22(30)18-14(3)19(20(24)29)32-21(18)25-17(28)12-26-8-10-27(11-9-26)16-6-4-15(23)5-7-16/h4-7,13H,8-12H2,1-3H3,(H2,24,29)(H,25,28). The number of nitrogens with two attached hydrogens (primary N) is 1. The van der Waals surface area contributed by atoms with Gasteiger partial charge >= 0.3 is 5.97 Å². The summed E-state index contributed by atoms with van der Waals surface area (Å²) in [6.45, 7) is 8.26. The first-order valence-electron chi connectivity index (χ1n) is 10.3. The Morgan fingerprint density at radius 1 is 1.16 bits per heavy atom. The first-order valence-corrected chi connectivity index (χ1v) is 11.5. The predicted octanol–water partition coefficient (Wildman–Crippen LogP) is 3.13. The van der Waals surface area contributed by atoms with E-state index in [2.05, 4.69) is 10.2 Å². The minimum absolute atomic E-state index is 0.177. The maximum atomic E-state index is 12.7. The number of hydrogen-bond acceptors (Lipinski definition) is 7. The fraction of sp³-hybridized carbons (Fsp3) is 0.409. The van der Waals surface area contributed by atoms with Gasteiger partial charge in [0.2, 0.25) is 5.91 Å². The van der Waals surface area contributed by atoms with Gasteiger partial charge in [0.1, 0.15) is 5.00 Å². The third-order valence-electron chi connectivity index (χ3n) is 5.10. The molecule has 0 bridgehead atoms. The van der Waals surface area contributed by atoms with Crippen LogP contribution < -0.4 is 16.0 Å². The number of nitrogens with zero attached hydrogens (tertiary/aromatic N) is 2. The summed E-state index contributed by atoms with van der Waals surface area (Å²) in [5.74, 6) is -1.50. The lowest BCUT2D eigenvalue weighted by Crippen LogP contribution is -2.48. The quantitative estimate of drug-likeness (QED) is 0.592. The molecule has 1 aliphatic heterocycles. The van der Waals surface area contributed by atoms with Crippen molar-refractivity contribution < 1.29 is 19.1 Å². The third kappa shape index (κ3) is 5.79. The molecule has 2 amide bonds. The molecule has 1 aliphatic rings. The van der Waals surface area contributed by atoms with Crippen LogP contribution in [0.15, 0.2) is 24.3 Å². The van der Waals surface area contributed by atoms with Gasteiger partial charge in [-0.3, -0.25) is 14.5 Å². The molecule has 32 heavy (non-hydrogen) atoms. The lowest BCUT2D eigenvalue weighted by Gasteiger charge is -2.35. The average Bonchev–Trinajstić information content (AvgIpc) is 3.04. The molecule has 2 aromatic rings. The van der Waals surface area contributed by atoms with Gasteiger partial charge in [0.25, 0.3) is 5.91 Å². The van der Waals surface area contributed by atoms with Crippen LogP contribution in [0.3, 0.4) is 0 Å². The van der Waals surface area contributed by atoms with Crippen molar-refractivity contribution in [1.82, 2.24) is 4.90 Å². The number of carbonyl (C=O) groups excluding carboxylic acids is 3. The van der Waals surface area contributed by atoms with Gasteiger partial charge < -0.3 is 20.7 Å². The van der Waals surface area contributed by atoms with Crippen molar-refractivity contribution in [2.75, 3.05) is 42.9 Å². The monoisotopic (exact) mass is 478 g/mol. The van der Waals surface area contributed by atoms with Crippen molar-refractivity contribution in [1.29, 1.82) is 0 Å².